The normalized spacial score (nSPS) is 19.5. The summed E-state index contributed by atoms with van der Waals surface area (Å²) < 4.78 is 6.10. The first-order chi connectivity index (χ1) is 11.2. The third kappa shape index (κ3) is 3.65. The standard InChI is InChI=1S/C16H19BrN4O2/c17-14-9-13(10-18)15(19-11-14)20-3-1-12(2-4-20)16(22)21-5-7-23-8-6-21/h9,11-12H,1-8H2. The van der Waals surface area contributed by atoms with Crippen LogP contribution in [0.1, 0.15) is 18.4 Å². The van der Waals surface area contributed by atoms with Crippen molar-refractivity contribution in [2.75, 3.05) is 44.3 Å². The van der Waals surface area contributed by atoms with Crippen molar-refractivity contribution < 1.29 is 9.53 Å². The zero-order valence-corrected chi connectivity index (χ0v) is 14.5. The SMILES string of the molecule is N#Cc1cc(Br)cnc1N1CCC(C(=O)N2CCOCC2)CC1. The van der Waals surface area contributed by atoms with E-state index in [1.54, 1.807) is 12.3 Å². The van der Waals surface area contributed by atoms with Gasteiger partial charge in [0, 0.05) is 42.8 Å². The molecule has 2 saturated heterocycles. The van der Waals surface area contributed by atoms with Crippen molar-refractivity contribution in [3.05, 3.63) is 22.3 Å². The van der Waals surface area contributed by atoms with E-state index in [2.05, 4.69) is 31.9 Å². The minimum atomic E-state index is 0.0744. The highest BCUT2D eigenvalue weighted by Gasteiger charge is 2.30. The monoisotopic (exact) mass is 378 g/mol. The van der Waals surface area contributed by atoms with E-state index in [9.17, 15) is 10.1 Å². The number of nitrogens with zero attached hydrogens (tertiary/aromatic N) is 4. The number of nitriles is 1. The zero-order chi connectivity index (χ0) is 16.2. The second kappa shape index (κ2) is 7.28. The number of morpholine rings is 1. The van der Waals surface area contributed by atoms with Crippen molar-refractivity contribution in [1.82, 2.24) is 9.88 Å². The topological polar surface area (TPSA) is 69.5 Å². The molecule has 0 N–H and O–H groups in total. The zero-order valence-electron chi connectivity index (χ0n) is 12.9. The van der Waals surface area contributed by atoms with Crippen LogP contribution in [0.5, 0.6) is 0 Å². The fourth-order valence-electron chi connectivity index (χ4n) is 3.15. The van der Waals surface area contributed by atoms with Gasteiger partial charge in [-0.25, -0.2) is 4.98 Å². The van der Waals surface area contributed by atoms with Crippen LogP contribution in [-0.2, 0) is 9.53 Å². The van der Waals surface area contributed by atoms with Crippen LogP contribution in [0, 0.1) is 17.2 Å². The summed E-state index contributed by atoms with van der Waals surface area (Å²) in [5.41, 5.74) is 0.567. The number of piperidine rings is 1. The summed E-state index contributed by atoms with van der Waals surface area (Å²) in [6.07, 6.45) is 3.32. The Balaban J connectivity index is 1.62. The summed E-state index contributed by atoms with van der Waals surface area (Å²) >= 11 is 3.34. The smallest absolute Gasteiger partial charge is 0.225 e. The van der Waals surface area contributed by atoms with E-state index in [1.807, 2.05) is 4.90 Å². The molecule has 0 atom stereocenters. The number of carbonyl (C=O) groups is 1. The highest BCUT2D eigenvalue weighted by molar-refractivity contribution is 9.10. The molecule has 0 aromatic carbocycles. The van der Waals surface area contributed by atoms with E-state index in [-0.39, 0.29) is 11.8 Å². The van der Waals surface area contributed by atoms with Gasteiger partial charge in [-0.15, -0.1) is 0 Å². The molecular formula is C16H19BrN4O2. The van der Waals surface area contributed by atoms with Gasteiger partial charge >= 0.3 is 0 Å². The van der Waals surface area contributed by atoms with Crippen LogP contribution >= 0.6 is 15.9 Å². The number of hydrogen-bond acceptors (Lipinski definition) is 5. The molecule has 0 radical (unpaired) electrons. The number of anilines is 1. The molecule has 0 unspecified atom stereocenters. The van der Waals surface area contributed by atoms with Crippen LogP contribution in [0.2, 0.25) is 0 Å². The second-order valence-corrected chi connectivity index (χ2v) is 6.75. The molecule has 1 aromatic rings. The Labute approximate surface area is 144 Å². The van der Waals surface area contributed by atoms with Crippen LogP contribution in [0.15, 0.2) is 16.7 Å². The van der Waals surface area contributed by atoms with Crippen LogP contribution in [0.4, 0.5) is 5.82 Å². The third-order valence-corrected chi connectivity index (χ3v) is 4.85. The predicted octanol–water partition coefficient (Wildman–Crippen LogP) is 1.79. The summed E-state index contributed by atoms with van der Waals surface area (Å²) in [5.74, 6) is 1.04. The Morgan fingerprint density at radius 2 is 2.00 bits per heavy atom. The van der Waals surface area contributed by atoms with Crippen LogP contribution in [0.3, 0.4) is 0 Å². The summed E-state index contributed by atoms with van der Waals surface area (Å²) in [5, 5.41) is 9.27. The Bertz CT molecular complexity index is 617. The quantitative estimate of drug-likeness (QED) is 0.784. The van der Waals surface area contributed by atoms with E-state index in [0.29, 0.717) is 37.7 Å². The molecule has 23 heavy (non-hydrogen) atoms. The van der Waals surface area contributed by atoms with Gasteiger partial charge in [-0.2, -0.15) is 5.26 Å². The van der Waals surface area contributed by atoms with Crippen LogP contribution < -0.4 is 4.90 Å². The van der Waals surface area contributed by atoms with Crippen molar-refractivity contribution >= 4 is 27.7 Å². The average Bonchev–Trinajstić information content (AvgIpc) is 2.62. The van der Waals surface area contributed by atoms with Gasteiger partial charge in [0.15, 0.2) is 0 Å². The van der Waals surface area contributed by atoms with Gasteiger partial charge in [-0.3, -0.25) is 4.79 Å². The van der Waals surface area contributed by atoms with E-state index in [0.717, 1.165) is 30.4 Å². The van der Waals surface area contributed by atoms with E-state index in [4.69, 9.17) is 4.74 Å². The van der Waals surface area contributed by atoms with E-state index < -0.39 is 0 Å². The largest absolute Gasteiger partial charge is 0.378 e. The lowest BCUT2D eigenvalue weighted by Gasteiger charge is -2.36. The fourth-order valence-corrected chi connectivity index (χ4v) is 3.48. The summed E-state index contributed by atoms with van der Waals surface area (Å²) in [4.78, 5) is 20.9. The molecule has 0 aliphatic carbocycles. The first-order valence-electron chi connectivity index (χ1n) is 7.86. The first kappa shape index (κ1) is 16.2. The predicted molar refractivity (Wildman–Crippen MR) is 89.0 cm³/mol. The number of pyridine rings is 1. The number of aromatic nitrogens is 1. The van der Waals surface area contributed by atoms with E-state index >= 15 is 0 Å². The molecule has 2 aliphatic rings. The van der Waals surface area contributed by atoms with Crippen molar-refractivity contribution in [1.29, 1.82) is 5.26 Å². The molecule has 122 valence electrons. The molecule has 3 rings (SSSR count). The van der Waals surface area contributed by atoms with Crippen LogP contribution in [0.25, 0.3) is 0 Å². The highest BCUT2D eigenvalue weighted by atomic mass is 79.9. The molecule has 0 saturated carbocycles. The fraction of sp³-hybridized carbons (Fsp3) is 0.562. The van der Waals surface area contributed by atoms with Crippen molar-refractivity contribution in [3.8, 4) is 6.07 Å². The minimum Gasteiger partial charge on any atom is -0.378 e. The first-order valence-corrected chi connectivity index (χ1v) is 8.65. The Morgan fingerprint density at radius 3 is 2.65 bits per heavy atom. The van der Waals surface area contributed by atoms with Gasteiger partial charge < -0.3 is 14.5 Å². The molecule has 1 amide bonds. The van der Waals surface area contributed by atoms with Gasteiger partial charge in [0.2, 0.25) is 5.91 Å². The Hall–Kier alpha value is -1.65. The number of rotatable bonds is 2. The third-order valence-electron chi connectivity index (χ3n) is 4.42. The molecule has 2 fully saturated rings. The molecule has 0 bridgehead atoms. The van der Waals surface area contributed by atoms with Crippen molar-refractivity contribution in [2.45, 2.75) is 12.8 Å². The van der Waals surface area contributed by atoms with E-state index in [1.165, 1.54) is 0 Å². The maximum atomic E-state index is 12.5. The number of hydrogen-bond donors (Lipinski definition) is 0. The van der Waals surface area contributed by atoms with Gasteiger partial charge in [0.05, 0.1) is 18.8 Å². The highest BCUT2D eigenvalue weighted by Crippen LogP contribution is 2.27. The number of halogens is 1. The average molecular weight is 379 g/mol. The molecule has 1 aromatic heterocycles. The number of amides is 1. The maximum Gasteiger partial charge on any atom is 0.225 e. The van der Waals surface area contributed by atoms with Gasteiger partial charge in [-0.05, 0) is 34.8 Å². The lowest BCUT2D eigenvalue weighted by atomic mass is 9.95. The van der Waals surface area contributed by atoms with Crippen molar-refractivity contribution in [3.63, 3.8) is 0 Å². The summed E-state index contributed by atoms with van der Waals surface area (Å²) in [7, 11) is 0. The molecule has 0 spiro atoms. The second-order valence-electron chi connectivity index (χ2n) is 5.84. The summed E-state index contributed by atoms with van der Waals surface area (Å²) in [6, 6.07) is 3.98. The molecule has 2 aliphatic heterocycles. The van der Waals surface area contributed by atoms with Gasteiger partial charge in [-0.1, -0.05) is 0 Å². The molecular weight excluding hydrogens is 360 g/mol. The lowest BCUT2D eigenvalue weighted by Crippen LogP contribution is -2.47. The van der Waals surface area contributed by atoms with Crippen LogP contribution in [-0.4, -0.2) is 55.2 Å². The maximum absolute atomic E-state index is 12.5. The molecule has 3 heterocycles. The molecule has 7 heteroatoms. The number of ether oxygens (including phenoxy) is 1. The van der Waals surface area contributed by atoms with Gasteiger partial charge in [0.1, 0.15) is 11.9 Å². The molecule has 6 nitrogen and oxygen atoms in total. The van der Waals surface area contributed by atoms with Crippen molar-refractivity contribution in [2.24, 2.45) is 5.92 Å². The Morgan fingerprint density at radius 1 is 1.30 bits per heavy atom. The summed E-state index contributed by atoms with van der Waals surface area (Å²) in [6.45, 7) is 4.18. The van der Waals surface area contributed by atoms with Gasteiger partial charge in [0.25, 0.3) is 0 Å². The lowest BCUT2D eigenvalue weighted by molar-refractivity contribution is -0.140. The minimum absolute atomic E-state index is 0.0744. The Kier molecular flexibility index (Phi) is 5.13. The number of carbonyl (C=O) groups excluding carboxylic acids is 1.